The highest BCUT2D eigenvalue weighted by atomic mass is 35.5. The molecule has 8 aromatic carbocycles. The highest BCUT2D eigenvalue weighted by molar-refractivity contribution is 7.90. The van der Waals surface area contributed by atoms with Gasteiger partial charge in [-0.15, -0.1) is 0 Å². The van der Waals surface area contributed by atoms with Crippen LogP contribution in [-0.2, 0) is 46.3 Å². The van der Waals surface area contributed by atoms with Crippen molar-refractivity contribution in [1.82, 2.24) is 34.5 Å². The highest BCUT2D eigenvalue weighted by Gasteiger charge is 2.20. The van der Waals surface area contributed by atoms with Crippen molar-refractivity contribution in [3.8, 4) is 17.1 Å². The zero-order valence-corrected chi connectivity index (χ0v) is 69.9. The molecule has 14 aromatic rings. The van der Waals surface area contributed by atoms with E-state index in [9.17, 15) is 67.9 Å². The van der Waals surface area contributed by atoms with Gasteiger partial charge in [0.05, 0.1) is 49.4 Å². The Bertz CT molecular complexity index is 6330. The number of carbonyl (C=O) groups excluding carboxylic acids is 2. The number of hydrogen-bond acceptors (Lipinski definition) is 25. The number of carbonyl (C=O) groups is 2. The molecule has 6 aromatic heterocycles. The normalized spacial score (nSPS) is 10.7. The predicted molar refractivity (Wildman–Crippen MR) is 469 cm³/mol. The van der Waals surface area contributed by atoms with Gasteiger partial charge in [-0.2, -0.15) is 4.39 Å². The molecule has 0 bridgehead atoms. The lowest BCUT2D eigenvalue weighted by atomic mass is 10.1. The van der Waals surface area contributed by atoms with Crippen LogP contribution in [-0.4, -0.2) is 102 Å². The number of Topliss-reactive ketones (excluding diaryl/α,β-unsaturated/α-hetero) is 1. The van der Waals surface area contributed by atoms with Crippen molar-refractivity contribution in [2.45, 2.75) is 55.7 Å². The number of nitro groups is 2. The van der Waals surface area contributed by atoms with E-state index in [2.05, 4.69) is 65.1 Å². The molecule has 0 aliphatic heterocycles. The summed E-state index contributed by atoms with van der Waals surface area (Å²) in [5.74, 6) is -0.191. The summed E-state index contributed by atoms with van der Waals surface area (Å²) in [6.45, 7) is 10.1. The van der Waals surface area contributed by atoms with Gasteiger partial charge in [0.25, 0.3) is 11.2 Å². The first-order valence-electron chi connectivity index (χ1n) is 35.6. The number of benzene rings is 8. The van der Waals surface area contributed by atoms with Crippen LogP contribution in [0.15, 0.2) is 300 Å². The van der Waals surface area contributed by atoms with Crippen molar-refractivity contribution < 1.29 is 57.5 Å². The molecular formula is C84H83ClFN17O14S4. The second-order valence-corrected chi connectivity index (χ2v) is 33.3. The van der Waals surface area contributed by atoms with Gasteiger partial charge in [-0.25, -0.2) is 69.0 Å². The number of rotatable bonds is 17. The lowest BCUT2D eigenvalue weighted by Crippen LogP contribution is -2.13. The number of hydrogen-bond donors (Lipinski definition) is 8. The Labute approximate surface area is 703 Å². The van der Waals surface area contributed by atoms with Gasteiger partial charge in [-0.3, -0.25) is 29.3 Å². The molecule has 121 heavy (non-hydrogen) atoms. The number of aromatic nitrogens is 7. The van der Waals surface area contributed by atoms with Crippen LogP contribution >= 0.6 is 11.6 Å². The number of nitrogens with two attached hydrogens (primary N) is 5. The molecule has 0 radical (unpaired) electrons. The van der Waals surface area contributed by atoms with Crippen molar-refractivity contribution in [3.05, 3.63) is 357 Å². The first-order valence-corrected chi connectivity index (χ1v) is 42.9. The summed E-state index contributed by atoms with van der Waals surface area (Å²) < 4.78 is 101. The van der Waals surface area contributed by atoms with E-state index in [-0.39, 0.29) is 38.3 Å². The standard InChI is InChI=1S/C20H19N3O3S.C19H16N4O2S.C12H11N3O2.C12H13N3.C8H7ClO3S.C7H9N.C5H3FN2O2.CH5NO2S/c1-14-4-8-16(9-5-14)23-18-3-2-12-22-19(18)13-20(24)15-6-10-17(11-7-15)27(21,25)26;1-13-4-8-15(9-5-13)23-18(22-17-3-2-12-21-19(17)23)14-6-10-16(11-7-14)26(20,24)25;1-9-4-6-10(7-5-9)14-11-3-2-8-13-12(11)15(16)17;1-9-4-6-10(7-5-9)15-11-3-2-8-14-12(11)13;1-13(11,12)7-4-2-6(3-5-7)8(9)10;1-6-2-4-7(8)5-3-6;6-5-4(8(9)10)2-1-3-7-5;1-5(2,3)4/h2-12,23H,13H2,1H3,(H2,21,25,26);2-12H,1H3,(H2,20,24,25);2-8,14H,1H3;2-8,15H,1H3,(H2,13,14);2-5H,1H3;2-5H,8H2,1H3;1-3H;1H3,(H2,2,3,4). The number of primary sulfonamides is 3. The van der Waals surface area contributed by atoms with E-state index < -0.39 is 66.6 Å². The highest BCUT2D eigenvalue weighted by Crippen LogP contribution is 2.30. The third kappa shape index (κ3) is 31.4. The summed E-state index contributed by atoms with van der Waals surface area (Å²) in [5.41, 5.74) is 26.5. The second kappa shape index (κ2) is 44.0. The minimum Gasteiger partial charge on any atom is -0.399 e. The largest absolute Gasteiger partial charge is 0.399 e. The van der Waals surface area contributed by atoms with Gasteiger partial charge >= 0.3 is 11.5 Å². The number of anilines is 8. The molecular weight excluding hydrogens is 1650 g/mol. The van der Waals surface area contributed by atoms with Crippen molar-refractivity contribution in [3.63, 3.8) is 0 Å². The minimum atomic E-state index is -3.78. The molecule has 0 atom stereocenters. The molecule has 37 heteroatoms. The number of ketones is 1. The lowest BCUT2D eigenvalue weighted by Gasteiger charge is -2.11. The molecule has 0 amide bonds. The molecule has 0 aliphatic rings. The van der Waals surface area contributed by atoms with Crippen LogP contribution in [0.1, 0.15) is 54.2 Å². The van der Waals surface area contributed by atoms with Crippen LogP contribution < -0.4 is 42.8 Å². The molecule has 0 fully saturated rings. The zero-order chi connectivity index (χ0) is 88.8. The number of imidazole rings is 1. The summed E-state index contributed by atoms with van der Waals surface area (Å²) in [7, 11) is -13.9. The van der Waals surface area contributed by atoms with Crippen molar-refractivity contribution in [2.75, 3.05) is 39.9 Å². The number of sulfone groups is 1. The van der Waals surface area contributed by atoms with Gasteiger partial charge in [0, 0.05) is 82.2 Å². The third-order valence-electron chi connectivity index (χ3n) is 16.2. The Balaban J connectivity index is 0.000000199. The van der Waals surface area contributed by atoms with Crippen molar-refractivity contribution >= 4 is 131 Å². The predicted octanol–water partition coefficient (Wildman–Crippen LogP) is 15.1. The maximum Gasteiger partial charge on any atom is 0.387 e. The van der Waals surface area contributed by atoms with Gasteiger partial charge < -0.3 is 37.5 Å². The molecule has 13 N–H and O–H groups in total. The average molecular weight is 1740 g/mol. The molecule has 0 saturated heterocycles. The summed E-state index contributed by atoms with van der Waals surface area (Å²) in [6.07, 6.45) is 9.72. The number of nitrogens with zero attached hydrogens (tertiary/aromatic N) is 9. The molecule has 0 spiro atoms. The Morgan fingerprint density at radius 3 is 1.28 bits per heavy atom. The Morgan fingerprint density at radius 1 is 0.455 bits per heavy atom. The average Bonchev–Trinajstić information content (AvgIpc) is 1.62. The summed E-state index contributed by atoms with van der Waals surface area (Å²) in [6, 6.07) is 73.7. The van der Waals surface area contributed by atoms with Crippen LogP contribution in [0.2, 0.25) is 0 Å². The fourth-order valence-electron chi connectivity index (χ4n) is 10.1. The first-order chi connectivity index (χ1) is 57.1. The van der Waals surface area contributed by atoms with Gasteiger partial charge in [0.1, 0.15) is 29.0 Å². The Kier molecular flexibility index (Phi) is 34.2. The van der Waals surface area contributed by atoms with E-state index >= 15 is 0 Å². The Morgan fingerprint density at radius 2 is 0.843 bits per heavy atom. The Hall–Kier alpha value is -14.0. The number of halogens is 2. The SMILES string of the molecule is CS(=O)(=O)c1ccc(C(=O)Cl)cc1.CS(N)(=O)=O.Cc1ccc(-n2c(-c3ccc(S(N)(=O)=O)cc3)nc3cccnc32)cc1.Cc1ccc(N)cc1.Cc1ccc(Nc2cccnc2CC(=O)c2ccc(S(N)(=O)=O)cc2)cc1.Cc1ccc(Nc2cccnc2N)cc1.Cc1ccc(Nc2cccnc2[N+](=O)[O-])cc1.O=[N+]([O-])c1cccnc1F. The minimum absolute atomic E-state index is 0.0291. The topological polar surface area (TPSA) is 505 Å². The monoisotopic (exact) mass is 1740 g/mol. The van der Waals surface area contributed by atoms with Crippen LogP contribution in [0.25, 0.3) is 28.2 Å². The fourth-order valence-corrected chi connectivity index (χ4v) is 11.9. The van der Waals surface area contributed by atoms with E-state index in [4.69, 9.17) is 38.3 Å². The number of pyridine rings is 5. The van der Waals surface area contributed by atoms with Crippen molar-refractivity contribution in [2.24, 2.45) is 15.4 Å². The van der Waals surface area contributed by atoms with Gasteiger partial charge in [-0.05, 0) is 232 Å². The van der Waals surface area contributed by atoms with Crippen LogP contribution in [0.5, 0.6) is 0 Å². The number of aryl methyl sites for hydroxylation is 5. The molecule has 0 saturated carbocycles. The molecule has 626 valence electrons. The zero-order valence-electron chi connectivity index (χ0n) is 65.9. The quantitative estimate of drug-likeness (QED) is 0.0105. The van der Waals surface area contributed by atoms with Crippen LogP contribution in [0.3, 0.4) is 0 Å². The first kappa shape index (κ1) is 94.2. The number of sulfonamides is 3. The maximum absolute atomic E-state index is 12.6. The van der Waals surface area contributed by atoms with Gasteiger partial charge in [0.2, 0.25) is 30.1 Å². The smallest absolute Gasteiger partial charge is 0.387 e. The van der Waals surface area contributed by atoms with Gasteiger partial charge in [-0.1, -0.05) is 101 Å². The fraction of sp³-hybridized carbons (Fsp3) is 0.0952. The van der Waals surface area contributed by atoms with E-state index in [0.29, 0.717) is 28.6 Å². The van der Waals surface area contributed by atoms with Crippen LogP contribution in [0.4, 0.5) is 61.5 Å². The molecule has 6 heterocycles. The summed E-state index contributed by atoms with van der Waals surface area (Å²) >= 11 is 5.18. The van der Waals surface area contributed by atoms with E-state index in [1.54, 1.807) is 48.9 Å². The molecule has 0 unspecified atom stereocenters. The van der Waals surface area contributed by atoms with Gasteiger partial charge in [0.15, 0.2) is 21.3 Å². The number of nitrogens with one attached hydrogen (secondary N) is 3. The molecule has 14 rings (SSSR count). The third-order valence-corrected chi connectivity index (χ3v) is 19.4. The van der Waals surface area contributed by atoms with Crippen molar-refractivity contribution in [1.29, 1.82) is 0 Å². The molecule has 31 nitrogen and oxygen atoms in total. The number of nitrogen functional groups attached to an aromatic ring is 2. The molecule has 0 aliphatic carbocycles. The summed E-state index contributed by atoms with van der Waals surface area (Å²) in [5, 5.41) is 44.2. The van der Waals surface area contributed by atoms with E-state index in [1.165, 1.54) is 84.1 Å². The van der Waals surface area contributed by atoms with E-state index in [0.717, 1.165) is 98.0 Å². The summed E-state index contributed by atoms with van der Waals surface area (Å²) in [4.78, 5) is 67.1. The number of fused-ring (bicyclic) bond motifs is 1. The maximum atomic E-state index is 12.6. The van der Waals surface area contributed by atoms with E-state index in [1.807, 2.05) is 172 Å². The lowest BCUT2D eigenvalue weighted by molar-refractivity contribution is -0.388. The second-order valence-electron chi connectivity index (χ2n) is 26.1. The van der Waals surface area contributed by atoms with Crippen LogP contribution in [0, 0.1) is 60.8 Å².